The van der Waals surface area contributed by atoms with Gasteiger partial charge in [-0.1, -0.05) is 12.1 Å². The summed E-state index contributed by atoms with van der Waals surface area (Å²) >= 11 is 0. The first-order chi connectivity index (χ1) is 10.2. The van der Waals surface area contributed by atoms with Gasteiger partial charge in [-0.3, -0.25) is 14.5 Å². The van der Waals surface area contributed by atoms with Gasteiger partial charge in [-0.15, -0.1) is 0 Å². The second kappa shape index (κ2) is 5.24. The SMILES string of the molecule is O=C(OCCN1C(=O)c2ccccc2C1=O)c1ccc[nH]1. The molecule has 0 saturated heterocycles. The van der Waals surface area contributed by atoms with Crippen LogP contribution in [0.1, 0.15) is 31.2 Å². The Hall–Kier alpha value is -2.89. The lowest BCUT2D eigenvalue weighted by atomic mass is 10.1. The fourth-order valence-corrected chi connectivity index (χ4v) is 2.21. The molecule has 0 aliphatic carbocycles. The van der Waals surface area contributed by atoms with Gasteiger partial charge in [0.15, 0.2) is 0 Å². The molecule has 2 amide bonds. The van der Waals surface area contributed by atoms with E-state index in [4.69, 9.17) is 4.74 Å². The molecule has 106 valence electrons. The highest BCUT2D eigenvalue weighted by Gasteiger charge is 2.34. The molecule has 0 fully saturated rings. The van der Waals surface area contributed by atoms with Crippen LogP contribution in [0.4, 0.5) is 0 Å². The highest BCUT2D eigenvalue weighted by Crippen LogP contribution is 2.21. The number of nitrogens with one attached hydrogen (secondary N) is 1. The van der Waals surface area contributed by atoms with Gasteiger partial charge in [-0.2, -0.15) is 0 Å². The quantitative estimate of drug-likeness (QED) is 0.681. The lowest BCUT2D eigenvalue weighted by Gasteiger charge is -2.13. The number of hydrogen-bond acceptors (Lipinski definition) is 4. The monoisotopic (exact) mass is 284 g/mol. The number of nitrogens with zero attached hydrogens (tertiary/aromatic N) is 1. The summed E-state index contributed by atoms with van der Waals surface area (Å²) in [6, 6.07) is 9.91. The second-order valence-corrected chi connectivity index (χ2v) is 4.53. The fourth-order valence-electron chi connectivity index (χ4n) is 2.21. The van der Waals surface area contributed by atoms with Gasteiger partial charge in [0.2, 0.25) is 0 Å². The van der Waals surface area contributed by atoms with Crippen LogP contribution in [0.2, 0.25) is 0 Å². The van der Waals surface area contributed by atoms with Crippen molar-refractivity contribution >= 4 is 17.8 Å². The number of rotatable bonds is 4. The minimum atomic E-state index is -0.517. The summed E-state index contributed by atoms with van der Waals surface area (Å²) in [5, 5.41) is 0. The molecule has 1 aromatic carbocycles. The molecule has 0 spiro atoms. The normalized spacial score (nSPS) is 13.4. The van der Waals surface area contributed by atoms with Crippen LogP contribution in [0.15, 0.2) is 42.6 Å². The van der Waals surface area contributed by atoms with Crippen molar-refractivity contribution in [3.8, 4) is 0 Å². The molecule has 3 rings (SSSR count). The number of carbonyl (C=O) groups is 3. The Morgan fingerprint density at radius 1 is 1.05 bits per heavy atom. The van der Waals surface area contributed by atoms with E-state index < -0.39 is 5.97 Å². The Morgan fingerprint density at radius 3 is 2.29 bits per heavy atom. The first-order valence-electron chi connectivity index (χ1n) is 6.44. The summed E-state index contributed by atoms with van der Waals surface area (Å²) in [5.74, 6) is -1.23. The van der Waals surface area contributed by atoms with Gasteiger partial charge in [-0.05, 0) is 24.3 Å². The van der Waals surface area contributed by atoms with Crippen molar-refractivity contribution in [1.82, 2.24) is 9.88 Å². The Morgan fingerprint density at radius 2 is 1.71 bits per heavy atom. The number of hydrogen-bond donors (Lipinski definition) is 1. The first kappa shape index (κ1) is 13.1. The number of amides is 2. The van der Waals surface area contributed by atoms with Crippen molar-refractivity contribution in [2.24, 2.45) is 0 Å². The van der Waals surface area contributed by atoms with E-state index in [1.165, 1.54) is 0 Å². The number of fused-ring (bicyclic) bond motifs is 1. The predicted octanol–water partition coefficient (Wildman–Crippen LogP) is 1.47. The molecule has 0 unspecified atom stereocenters. The van der Waals surface area contributed by atoms with E-state index >= 15 is 0 Å². The molecular weight excluding hydrogens is 272 g/mol. The summed E-state index contributed by atoms with van der Waals surface area (Å²) in [7, 11) is 0. The van der Waals surface area contributed by atoms with Gasteiger partial charge < -0.3 is 9.72 Å². The fraction of sp³-hybridized carbons (Fsp3) is 0.133. The van der Waals surface area contributed by atoms with Crippen molar-refractivity contribution in [3.63, 3.8) is 0 Å². The van der Waals surface area contributed by atoms with E-state index in [1.807, 2.05) is 0 Å². The molecule has 0 radical (unpaired) electrons. The molecule has 0 atom stereocenters. The van der Waals surface area contributed by atoms with E-state index in [0.717, 1.165) is 4.90 Å². The summed E-state index contributed by atoms with van der Waals surface area (Å²) in [6.45, 7) is 0.00210. The van der Waals surface area contributed by atoms with E-state index in [2.05, 4.69) is 4.98 Å². The van der Waals surface area contributed by atoms with Crippen LogP contribution in [0.3, 0.4) is 0 Å². The third-order valence-electron chi connectivity index (χ3n) is 3.24. The second-order valence-electron chi connectivity index (χ2n) is 4.53. The van der Waals surface area contributed by atoms with Crippen LogP contribution in [0.5, 0.6) is 0 Å². The maximum absolute atomic E-state index is 12.1. The number of benzene rings is 1. The molecule has 21 heavy (non-hydrogen) atoms. The molecule has 1 aliphatic heterocycles. The Labute approximate surface area is 120 Å². The number of ether oxygens (including phenoxy) is 1. The third-order valence-corrected chi connectivity index (χ3v) is 3.24. The number of aromatic amines is 1. The Kier molecular flexibility index (Phi) is 3.27. The van der Waals surface area contributed by atoms with Crippen molar-refractivity contribution in [1.29, 1.82) is 0 Å². The van der Waals surface area contributed by atoms with Crippen LogP contribution in [-0.4, -0.2) is 40.8 Å². The van der Waals surface area contributed by atoms with Gasteiger partial charge in [0, 0.05) is 6.20 Å². The molecule has 0 saturated carbocycles. The molecule has 1 N–H and O–H groups in total. The van der Waals surface area contributed by atoms with Crippen LogP contribution >= 0.6 is 0 Å². The zero-order chi connectivity index (χ0) is 14.8. The third kappa shape index (κ3) is 2.31. The highest BCUT2D eigenvalue weighted by molar-refractivity contribution is 6.21. The minimum Gasteiger partial charge on any atom is -0.459 e. The summed E-state index contributed by atoms with van der Waals surface area (Å²) in [5.41, 5.74) is 1.11. The van der Waals surface area contributed by atoms with E-state index in [0.29, 0.717) is 16.8 Å². The molecule has 6 heteroatoms. The van der Waals surface area contributed by atoms with E-state index in [9.17, 15) is 14.4 Å². The number of carbonyl (C=O) groups excluding carboxylic acids is 3. The first-order valence-corrected chi connectivity index (χ1v) is 6.44. The lowest BCUT2D eigenvalue weighted by Crippen LogP contribution is -2.33. The van der Waals surface area contributed by atoms with Gasteiger partial charge in [-0.25, -0.2) is 4.79 Å². The largest absolute Gasteiger partial charge is 0.459 e. The minimum absolute atomic E-state index is 0.0384. The van der Waals surface area contributed by atoms with Gasteiger partial charge in [0.1, 0.15) is 12.3 Å². The summed E-state index contributed by atoms with van der Waals surface area (Å²) in [4.78, 5) is 39.6. The zero-order valence-corrected chi connectivity index (χ0v) is 11.0. The number of H-pyrrole nitrogens is 1. The molecule has 2 aromatic rings. The Balaban J connectivity index is 1.61. The van der Waals surface area contributed by atoms with E-state index in [1.54, 1.807) is 42.6 Å². The maximum atomic E-state index is 12.1. The van der Waals surface area contributed by atoms with Gasteiger partial charge in [0.05, 0.1) is 17.7 Å². The number of aromatic nitrogens is 1. The molecule has 1 aliphatic rings. The lowest BCUT2D eigenvalue weighted by molar-refractivity contribution is 0.0416. The van der Waals surface area contributed by atoms with Crippen LogP contribution in [0, 0.1) is 0 Å². The molecule has 0 bridgehead atoms. The van der Waals surface area contributed by atoms with Crippen LogP contribution in [0.25, 0.3) is 0 Å². The van der Waals surface area contributed by atoms with Crippen LogP contribution in [-0.2, 0) is 4.74 Å². The standard InChI is InChI=1S/C15H12N2O4/c18-13-10-4-1-2-5-11(10)14(19)17(13)8-9-21-15(20)12-6-3-7-16-12/h1-7,16H,8-9H2. The average molecular weight is 284 g/mol. The molecule has 1 aromatic heterocycles. The van der Waals surface area contributed by atoms with Crippen molar-refractivity contribution in [3.05, 3.63) is 59.4 Å². The highest BCUT2D eigenvalue weighted by atomic mass is 16.5. The average Bonchev–Trinajstić information content (AvgIpc) is 3.11. The maximum Gasteiger partial charge on any atom is 0.354 e. The molecular formula is C15H12N2O4. The van der Waals surface area contributed by atoms with Gasteiger partial charge >= 0.3 is 5.97 Å². The summed E-state index contributed by atoms with van der Waals surface area (Å²) in [6.07, 6.45) is 1.61. The Bertz CT molecular complexity index is 671. The molecule has 2 heterocycles. The summed E-state index contributed by atoms with van der Waals surface area (Å²) < 4.78 is 5.03. The van der Waals surface area contributed by atoms with Crippen molar-refractivity contribution in [2.45, 2.75) is 0 Å². The van der Waals surface area contributed by atoms with Gasteiger partial charge in [0.25, 0.3) is 11.8 Å². The smallest absolute Gasteiger partial charge is 0.354 e. The zero-order valence-electron chi connectivity index (χ0n) is 11.0. The predicted molar refractivity (Wildman–Crippen MR) is 72.9 cm³/mol. The molecule has 6 nitrogen and oxygen atoms in total. The van der Waals surface area contributed by atoms with Crippen molar-refractivity contribution < 1.29 is 19.1 Å². The van der Waals surface area contributed by atoms with E-state index in [-0.39, 0.29) is 25.0 Å². The van der Waals surface area contributed by atoms with Crippen LogP contribution < -0.4 is 0 Å². The number of esters is 1. The number of imide groups is 1. The topological polar surface area (TPSA) is 79.5 Å². The van der Waals surface area contributed by atoms with Crippen molar-refractivity contribution in [2.75, 3.05) is 13.2 Å².